The molecule has 0 radical (unpaired) electrons. The molecule has 1 saturated carbocycles. The number of rotatable bonds is 4. The van der Waals surface area contributed by atoms with E-state index in [0.29, 0.717) is 5.92 Å². The Hall–Kier alpha value is 0.137. The molecular weight excluding hydrogens is 168 g/mol. The van der Waals surface area contributed by atoms with Crippen molar-refractivity contribution in [2.75, 3.05) is 7.11 Å². The Balaban J connectivity index is 2.50. The smallest absolute Gasteiger partial charge is 0.187 e. The van der Waals surface area contributed by atoms with Gasteiger partial charge in [0.1, 0.15) is 0 Å². The van der Waals surface area contributed by atoms with E-state index in [1.807, 2.05) is 0 Å². The van der Waals surface area contributed by atoms with Gasteiger partial charge in [-0.1, -0.05) is 6.92 Å². The first-order valence-electron chi connectivity index (χ1n) is 4.69. The van der Waals surface area contributed by atoms with Crippen LogP contribution in [0.15, 0.2) is 0 Å². The zero-order valence-electron chi connectivity index (χ0n) is 8.81. The van der Waals surface area contributed by atoms with Crippen molar-refractivity contribution < 1.29 is 9.16 Å². The molecule has 1 aliphatic rings. The average Bonchev–Trinajstić information content (AvgIpc) is 2.60. The van der Waals surface area contributed by atoms with Gasteiger partial charge in [0.25, 0.3) is 0 Å². The van der Waals surface area contributed by atoms with E-state index in [2.05, 4.69) is 26.6 Å². The molecular formula is C9H20O2Si. The highest BCUT2D eigenvalue weighted by atomic mass is 28.4. The third kappa shape index (κ3) is 2.09. The molecule has 0 heterocycles. The normalized spacial score (nSPS) is 35.2. The first-order chi connectivity index (χ1) is 5.43. The van der Waals surface area contributed by atoms with E-state index in [0.717, 1.165) is 6.42 Å². The molecule has 0 aromatic carbocycles. The fraction of sp³-hybridized carbons (Fsp3) is 1.00. The lowest BCUT2D eigenvalue weighted by Crippen LogP contribution is -2.35. The summed E-state index contributed by atoms with van der Waals surface area (Å²) in [6, 6.07) is 0. The Morgan fingerprint density at radius 3 is 2.25 bits per heavy atom. The van der Waals surface area contributed by atoms with E-state index in [-0.39, 0.29) is 5.79 Å². The molecule has 0 aromatic heterocycles. The van der Waals surface area contributed by atoms with Gasteiger partial charge in [0, 0.05) is 19.4 Å². The van der Waals surface area contributed by atoms with E-state index in [9.17, 15) is 0 Å². The second kappa shape index (κ2) is 3.12. The zero-order valence-corrected chi connectivity index (χ0v) is 9.81. The lowest BCUT2D eigenvalue weighted by molar-refractivity contribution is -0.0987. The van der Waals surface area contributed by atoms with Crippen LogP contribution in [0.2, 0.25) is 19.6 Å². The van der Waals surface area contributed by atoms with Gasteiger partial charge in [-0.3, -0.25) is 0 Å². The van der Waals surface area contributed by atoms with Gasteiger partial charge in [-0.15, -0.1) is 0 Å². The molecule has 2 unspecified atom stereocenters. The van der Waals surface area contributed by atoms with Crippen molar-refractivity contribution >= 4 is 8.32 Å². The molecule has 2 nitrogen and oxygen atoms in total. The summed E-state index contributed by atoms with van der Waals surface area (Å²) < 4.78 is 11.4. The number of ether oxygens (including phenoxy) is 1. The fourth-order valence-electron chi connectivity index (χ4n) is 1.67. The topological polar surface area (TPSA) is 18.5 Å². The Morgan fingerprint density at radius 1 is 1.42 bits per heavy atom. The lowest BCUT2D eigenvalue weighted by atomic mass is 10.3. The zero-order chi connectivity index (χ0) is 9.41. The minimum atomic E-state index is -1.43. The number of hydrogen-bond acceptors (Lipinski definition) is 2. The summed E-state index contributed by atoms with van der Waals surface area (Å²) >= 11 is 0. The standard InChI is InChI=1S/C9H20O2Si/c1-6-8-7-9(8,10-2)11-12(3,4)5/h8H,6-7H2,1-5H3. The van der Waals surface area contributed by atoms with Crippen molar-refractivity contribution in [3.8, 4) is 0 Å². The summed E-state index contributed by atoms with van der Waals surface area (Å²) in [5, 5.41) is 0. The summed E-state index contributed by atoms with van der Waals surface area (Å²) in [4.78, 5) is 0. The summed E-state index contributed by atoms with van der Waals surface area (Å²) in [5.74, 6) is 0.438. The lowest BCUT2D eigenvalue weighted by Gasteiger charge is -2.26. The van der Waals surface area contributed by atoms with Crippen molar-refractivity contribution in [2.45, 2.75) is 45.2 Å². The molecule has 0 aromatic rings. The highest BCUT2D eigenvalue weighted by Gasteiger charge is 2.56. The minimum Gasteiger partial charge on any atom is -0.391 e. The van der Waals surface area contributed by atoms with Crippen LogP contribution in [-0.2, 0) is 9.16 Å². The van der Waals surface area contributed by atoms with Gasteiger partial charge in [-0.25, -0.2) is 0 Å². The summed E-state index contributed by atoms with van der Waals surface area (Å²) in [5.41, 5.74) is 0. The molecule has 12 heavy (non-hydrogen) atoms. The SMILES string of the molecule is CCC1CC1(OC)O[Si](C)(C)C. The first-order valence-corrected chi connectivity index (χ1v) is 8.09. The third-order valence-electron chi connectivity index (χ3n) is 2.31. The molecule has 0 bridgehead atoms. The maximum atomic E-state index is 6.01. The summed E-state index contributed by atoms with van der Waals surface area (Å²) in [6.07, 6.45) is 2.25. The maximum Gasteiger partial charge on any atom is 0.187 e. The van der Waals surface area contributed by atoms with Gasteiger partial charge < -0.3 is 9.16 Å². The first kappa shape index (κ1) is 10.2. The molecule has 0 spiro atoms. The van der Waals surface area contributed by atoms with Gasteiger partial charge in [0.2, 0.25) is 0 Å². The van der Waals surface area contributed by atoms with Crippen LogP contribution in [0.4, 0.5) is 0 Å². The van der Waals surface area contributed by atoms with Crippen molar-refractivity contribution in [1.29, 1.82) is 0 Å². The average molecular weight is 188 g/mol. The van der Waals surface area contributed by atoms with Gasteiger partial charge in [-0.2, -0.15) is 0 Å². The molecule has 0 aliphatic heterocycles. The van der Waals surface area contributed by atoms with E-state index >= 15 is 0 Å². The van der Waals surface area contributed by atoms with E-state index < -0.39 is 8.32 Å². The molecule has 0 amide bonds. The molecule has 0 N–H and O–H groups in total. The van der Waals surface area contributed by atoms with Gasteiger partial charge >= 0.3 is 0 Å². The van der Waals surface area contributed by atoms with Gasteiger partial charge in [0.15, 0.2) is 14.1 Å². The van der Waals surface area contributed by atoms with E-state index in [4.69, 9.17) is 9.16 Å². The Bertz CT molecular complexity index is 164. The van der Waals surface area contributed by atoms with Crippen LogP contribution in [0, 0.1) is 5.92 Å². The van der Waals surface area contributed by atoms with Crippen LogP contribution in [0.1, 0.15) is 19.8 Å². The van der Waals surface area contributed by atoms with Crippen LogP contribution >= 0.6 is 0 Å². The van der Waals surface area contributed by atoms with Crippen molar-refractivity contribution in [2.24, 2.45) is 5.92 Å². The molecule has 72 valence electrons. The van der Waals surface area contributed by atoms with Crippen molar-refractivity contribution in [3.05, 3.63) is 0 Å². The second-order valence-electron chi connectivity index (χ2n) is 4.54. The predicted molar refractivity (Wildman–Crippen MR) is 52.6 cm³/mol. The Morgan fingerprint density at radius 2 is 2.00 bits per heavy atom. The highest BCUT2D eigenvalue weighted by Crippen LogP contribution is 2.50. The number of methoxy groups -OCH3 is 1. The quantitative estimate of drug-likeness (QED) is 0.499. The maximum absolute atomic E-state index is 6.01. The monoisotopic (exact) mass is 188 g/mol. The molecule has 2 atom stereocenters. The Labute approximate surface area is 76.4 Å². The van der Waals surface area contributed by atoms with Gasteiger partial charge in [0.05, 0.1) is 0 Å². The summed E-state index contributed by atoms with van der Waals surface area (Å²) in [6.45, 7) is 8.81. The van der Waals surface area contributed by atoms with Crippen LogP contribution in [0.25, 0.3) is 0 Å². The predicted octanol–water partition coefficient (Wildman–Crippen LogP) is 2.61. The van der Waals surface area contributed by atoms with Crippen LogP contribution in [-0.4, -0.2) is 21.2 Å². The van der Waals surface area contributed by atoms with Crippen molar-refractivity contribution in [3.63, 3.8) is 0 Å². The third-order valence-corrected chi connectivity index (χ3v) is 3.27. The van der Waals surface area contributed by atoms with Crippen LogP contribution < -0.4 is 0 Å². The van der Waals surface area contributed by atoms with E-state index in [1.54, 1.807) is 7.11 Å². The highest BCUT2D eigenvalue weighted by molar-refractivity contribution is 6.69. The largest absolute Gasteiger partial charge is 0.391 e. The second-order valence-corrected chi connectivity index (χ2v) is 8.97. The molecule has 0 saturated heterocycles. The number of hydrogen-bond donors (Lipinski definition) is 0. The minimum absolute atomic E-state index is 0.195. The van der Waals surface area contributed by atoms with E-state index in [1.165, 1.54) is 6.42 Å². The van der Waals surface area contributed by atoms with Crippen LogP contribution in [0.5, 0.6) is 0 Å². The molecule has 1 fully saturated rings. The molecule has 3 heteroatoms. The Kier molecular flexibility index (Phi) is 2.66. The fourth-order valence-corrected chi connectivity index (χ4v) is 3.04. The van der Waals surface area contributed by atoms with Gasteiger partial charge in [-0.05, 0) is 26.1 Å². The summed E-state index contributed by atoms with van der Waals surface area (Å²) in [7, 11) is 0.326. The van der Waals surface area contributed by atoms with Crippen molar-refractivity contribution in [1.82, 2.24) is 0 Å². The molecule has 1 rings (SSSR count). The molecule has 1 aliphatic carbocycles. The van der Waals surface area contributed by atoms with Crippen LogP contribution in [0.3, 0.4) is 0 Å².